The summed E-state index contributed by atoms with van der Waals surface area (Å²) in [6.45, 7) is 6.54. The number of nitrogens with one attached hydrogen (secondary N) is 1. The number of carbonyl (C=O) groups is 1. The lowest BCUT2D eigenvalue weighted by molar-refractivity contribution is -0.118. The summed E-state index contributed by atoms with van der Waals surface area (Å²) in [7, 11) is 0. The number of amides is 1. The van der Waals surface area contributed by atoms with Gasteiger partial charge < -0.3 is 9.73 Å². The molecule has 0 unspecified atom stereocenters. The average molecular weight is 425 g/mol. The van der Waals surface area contributed by atoms with Gasteiger partial charge in [0, 0.05) is 17.8 Å². The smallest absolute Gasteiger partial charge is 0.230 e. The minimum absolute atomic E-state index is 0.000576. The summed E-state index contributed by atoms with van der Waals surface area (Å²) < 4.78 is 5.62. The van der Waals surface area contributed by atoms with E-state index in [0.29, 0.717) is 18.2 Å². The zero-order valence-electron chi connectivity index (χ0n) is 17.5. The van der Waals surface area contributed by atoms with Gasteiger partial charge in [-0.25, -0.2) is 9.97 Å². The van der Waals surface area contributed by atoms with Crippen LogP contribution in [0.5, 0.6) is 0 Å². The standard InChI is InChI=1S/C23H28N4O2S/c1-3-27(4-2)19(20-10-7-13-29-20)14-24-21(28)15-30-23-17-8-5-6-9-18(17)25-22(26-23)16-11-12-16/h5-10,13,16,19H,3-4,11-12,14-15H2,1-2H3,(H,24,28)/t19-/m0/s1. The monoisotopic (exact) mass is 424 g/mol. The number of hydrogen-bond acceptors (Lipinski definition) is 6. The fraction of sp³-hybridized carbons (Fsp3) is 0.435. The quantitative estimate of drug-likeness (QED) is 0.384. The predicted molar refractivity (Wildman–Crippen MR) is 120 cm³/mol. The van der Waals surface area contributed by atoms with Gasteiger partial charge >= 0.3 is 0 Å². The number of carbonyl (C=O) groups excluding carboxylic acids is 1. The van der Waals surface area contributed by atoms with Gasteiger partial charge in [0.05, 0.1) is 23.6 Å². The Morgan fingerprint density at radius 1 is 1.20 bits per heavy atom. The first-order valence-corrected chi connectivity index (χ1v) is 11.6. The molecule has 4 rings (SSSR count). The molecule has 0 saturated heterocycles. The van der Waals surface area contributed by atoms with Crippen LogP contribution < -0.4 is 5.32 Å². The molecule has 1 aliphatic carbocycles. The first-order chi connectivity index (χ1) is 14.7. The van der Waals surface area contributed by atoms with E-state index in [1.165, 1.54) is 11.8 Å². The average Bonchev–Trinajstić information content (AvgIpc) is 3.49. The second-order valence-electron chi connectivity index (χ2n) is 7.52. The Hall–Kier alpha value is -2.38. The second kappa shape index (κ2) is 9.62. The Labute approximate surface area is 181 Å². The maximum Gasteiger partial charge on any atom is 0.230 e. The summed E-state index contributed by atoms with van der Waals surface area (Å²) in [4.78, 5) is 24.4. The molecular formula is C23H28N4O2S. The van der Waals surface area contributed by atoms with Crippen LogP contribution in [0.1, 0.15) is 50.2 Å². The third kappa shape index (κ3) is 4.84. The van der Waals surface area contributed by atoms with Crippen LogP contribution >= 0.6 is 11.8 Å². The van der Waals surface area contributed by atoms with E-state index in [9.17, 15) is 4.79 Å². The van der Waals surface area contributed by atoms with Gasteiger partial charge in [0.25, 0.3) is 0 Å². The van der Waals surface area contributed by atoms with Crippen LogP contribution in [0.25, 0.3) is 10.9 Å². The van der Waals surface area contributed by atoms with Crippen molar-refractivity contribution in [3.8, 4) is 0 Å². The number of likely N-dealkylation sites (N-methyl/N-ethyl adjacent to an activating group) is 1. The molecule has 0 radical (unpaired) electrons. The van der Waals surface area contributed by atoms with Crippen molar-refractivity contribution in [2.45, 2.75) is 43.7 Å². The Kier molecular flexibility index (Phi) is 6.69. The van der Waals surface area contributed by atoms with Gasteiger partial charge in [0.2, 0.25) is 5.91 Å². The Balaban J connectivity index is 1.41. The molecule has 1 amide bonds. The first kappa shape index (κ1) is 20.9. The molecule has 1 aliphatic rings. The molecule has 0 bridgehead atoms. The number of rotatable bonds is 10. The molecule has 1 saturated carbocycles. The summed E-state index contributed by atoms with van der Waals surface area (Å²) in [6.07, 6.45) is 3.99. The zero-order valence-corrected chi connectivity index (χ0v) is 18.3. The SMILES string of the molecule is CCN(CC)[C@@H](CNC(=O)CSc1nc(C2CC2)nc2ccccc12)c1ccco1. The molecule has 1 aromatic carbocycles. The number of benzene rings is 1. The van der Waals surface area contributed by atoms with Crippen molar-refractivity contribution in [3.63, 3.8) is 0 Å². The largest absolute Gasteiger partial charge is 0.468 e. The summed E-state index contributed by atoms with van der Waals surface area (Å²) in [5.41, 5.74) is 0.955. The van der Waals surface area contributed by atoms with Gasteiger partial charge in [-0.1, -0.05) is 43.8 Å². The molecule has 1 fully saturated rings. The Bertz CT molecular complexity index is 984. The minimum Gasteiger partial charge on any atom is -0.468 e. The van der Waals surface area contributed by atoms with E-state index in [0.717, 1.165) is 53.4 Å². The van der Waals surface area contributed by atoms with Gasteiger partial charge in [-0.3, -0.25) is 9.69 Å². The number of thioether (sulfide) groups is 1. The van der Waals surface area contributed by atoms with E-state index >= 15 is 0 Å². The van der Waals surface area contributed by atoms with Gasteiger partial charge in [-0.05, 0) is 44.1 Å². The van der Waals surface area contributed by atoms with E-state index in [1.807, 2.05) is 36.4 Å². The van der Waals surface area contributed by atoms with Gasteiger partial charge in [-0.2, -0.15) is 0 Å². The van der Waals surface area contributed by atoms with E-state index in [-0.39, 0.29) is 11.9 Å². The van der Waals surface area contributed by atoms with Gasteiger partial charge in [0.15, 0.2) is 0 Å². The highest BCUT2D eigenvalue weighted by Gasteiger charge is 2.28. The van der Waals surface area contributed by atoms with Crippen LogP contribution in [0.3, 0.4) is 0 Å². The summed E-state index contributed by atoms with van der Waals surface area (Å²) in [5.74, 6) is 2.60. The molecule has 0 aliphatic heterocycles. The van der Waals surface area contributed by atoms with Crippen LogP contribution in [-0.4, -0.2) is 46.2 Å². The lowest BCUT2D eigenvalue weighted by atomic mass is 10.2. The van der Waals surface area contributed by atoms with Gasteiger partial charge in [0.1, 0.15) is 16.6 Å². The van der Waals surface area contributed by atoms with E-state index in [4.69, 9.17) is 14.4 Å². The second-order valence-corrected chi connectivity index (χ2v) is 8.49. The highest BCUT2D eigenvalue weighted by atomic mass is 32.2. The van der Waals surface area contributed by atoms with E-state index in [2.05, 4.69) is 24.1 Å². The minimum atomic E-state index is -0.000576. The molecule has 2 heterocycles. The number of nitrogens with zero attached hydrogens (tertiary/aromatic N) is 3. The third-order valence-corrected chi connectivity index (χ3v) is 6.48. The molecule has 7 heteroatoms. The number of fused-ring (bicyclic) bond motifs is 1. The Morgan fingerprint density at radius 3 is 2.70 bits per heavy atom. The maximum atomic E-state index is 12.6. The van der Waals surface area contributed by atoms with Crippen LogP contribution in [0.4, 0.5) is 0 Å². The topological polar surface area (TPSA) is 71.3 Å². The molecular weight excluding hydrogens is 396 g/mol. The third-order valence-electron chi connectivity index (χ3n) is 5.49. The fourth-order valence-electron chi connectivity index (χ4n) is 3.65. The van der Waals surface area contributed by atoms with Crippen LogP contribution in [0, 0.1) is 0 Å². The summed E-state index contributed by atoms with van der Waals surface area (Å²) in [5, 5.41) is 4.99. The van der Waals surface area contributed by atoms with Crippen LogP contribution in [0.15, 0.2) is 52.1 Å². The summed E-state index contributed by atoms with van der Waals surface area (Å²) in [6, 6.07) is 11.9. The molecule has 0 spiro atoms. The first-order valence-electron chi connectivity index (χ1n) is 10.6. The highest BCUT2D eigenvalue weighted by molar-refractivity contribution is 8.00. The van der Waals surface area contributed by atoms with E-state index < -0.39 is 0 Å². The van der Waals surface area contributed by atoms with Crippen molar-refractivity contribution in [1.29, 1.82) is 0 Å². The number of hydrogen-bond donors (Lipinski definition) is 1. The van der Waals surface area contributed by atoms with Crippen molar-refractivity contribution >= 4 is 28.6 Å². The van der Waals surface area contributed by atoms with Crippen molar-refractivity contribution in [3.05, 3.63) is 54.2 Å². The van der Waals surface area contributed by atoms with Crippen LogP contribution in [0.2, 0.25) is 0 Å². The number of para-hydroxylation sites is 1. The molecule has 158 valence electrons. The Morgan fingerprint density at radius 2 is 2.00 bits per heavy atom. The predicted octanol–water partition coefficient (Wildman–Crippen LogP) is 4.39. The van der Waals surface area contributed by atoms with Crippen molar-refractivity contribution in [2.24, 2.45) is 0 Å². The highest BCUT2D eigenvalue weighted by Crippen LogP contribution is 2.39. The molecule has 1 N–H and O–H groups in total. The van der Waals surface area contributed by atoms with Crippen LogP contribution in [-0.2, 0) is 4.79 Å². The van der Waals surface area contributed by atoms with Crippen molar-refractivity contribution in [2.75, 3.05) is 25.4 Å². The maximum absolute atomic E-state index is 12.6. The number of furan rings is 1. The summed E-state index contributed by atoms with van der Waals surface area (Å²) >= 11 is 1.49. The normalized spacial score (nSPS) is 14.9. The zero-order chi connectivity index (χ0) is 20.9. The van der Waals surface area contributed by atoms with Crippen molar-refractivity contribution < 1.29 is 9.21 Å². The lowest BCUT2D eigenvalue weighted by Crippen LogP contribution is -2.38. The fourth-order valence-corrected chi connectivity index (χ4v) is 4.51. The molecule has 1 atom stereocenters. The lowest BCUT2D eigenvalue weighted by Gasteiger charge is -2.28. The number of aromatic nitrogens is 2. The van der Waals surface area contributed by atoms with Crippen molar-refractivity contribution in [1.82, 2.24) is 20.2 Å². The molecule has 6 nitrogen and oxygen atoms in total. The van der Waals surface area contributed by atoms with Gasteiger partial charge in [-0.15, -0.1) is 0 Å². The molecule has 3 aromatic rings. The van der Waals surface area contributed by atoms with E-state index in [1.54, 1.807) is 6.26 Å². The molecule has 2 aromatic heterocycles. The molecule has 30 heavy (non-hydrogen) atoms.